The van der Waals surface area contributed by atoms with E-state index >= 15 is 0 Å². The third kappa shape index (κ3) is 3.87. The predicted molar refractivity (Wildman–Crippen MR) is 78.2 cm³/mol. The standard InChI is InChI=1S/C15H26N2O4/c1-13(2)9-17(10-14(3,4)21-13)12(20)16-15(6-5-7-15)8-11(18)19/h5-10H2,1-4H3,(H,16,20)(H,18,19). The molecular weight excluding hydrogens is 272 g/mol. The average molecular weight is 298 g/mol. The normalized spacial score (nSPS) is 25.8. The number of amides is 2. The van der Waals surface area contributed by atoms with Crippen LogP contribution in [0.3, 0.4) is 0 Å². The van der Waals surface area contributed by atoms with Crippen LogP contribution in [0.25, 0.3) is 0 Å². The van der Waals surface area contributed by atoms with E-state index in [9.17, 15) is 9.59 Å². The number of morpholine rings is 1. The molecule has 1 heterocycles. The molecule has 0 bridgehead atoms. The van der Waals surface area contributed by atoms with Gasteiger partial charge in [-0.3, -0.25) is 4.79 Å². The number of hydrogen-bond acceptors (Lipinski definition) is 3. The lowest BCUT2D eigenvalue weighted by molar-refractivity contribution is -0.170. The highest BCUT2D eigenvalue weighted by atomic mass is 16.5. The second kappa shape index (κ2) is 5.16. The van der Waals surface area contributed by atoms with Crippen molar-refractivity contribution in [3.8, 4) is 0 Å². The lowest BCUT2D eigenvalue weighted by Crippen LogP contribution is -2.64. The Morgan fingerprint density at radius 2 is 1.67 bits per heavy atom. The van der Waals surface area contributed by atoms with Crippen LogP contribution in [-0.2, 0) is 9.53 Å². The second-order valence-electron chi connectivity index (χ2n) is 7.61. The first-order valence-corrected chi connectivity index (χ1v) is 7.52. The summed E-state index contributed by atoms with van der Waals surface area (Å²) < 4.78 is 5.96. The molecule has 0 unspecified atom stereocenters. The molecule has 1 aliphatic carbocycles. The van der Waals surface area contributed by atoms with Gasteiger partial charge in [0.25, 0.3) is 0 Å². The molecule has 0 spiro atoms. The molecule has 1 saturated carbocycles. The average Bonchev–Trinajstić information content (AvgIpc) is 2.20. The minimum absolute atomic E-state index is 0.00410. The maximum atomic E-state index is 12.5. The molecule has 0 aromatic carbocycles. The highest BCUT2D eigenvalue weighted by Crippen LogP contribution is 2.36. The Hall–Kier alpha value is -1.30. The number of aliphatic carboxylic acids is 1. The van der Waals surface area contributed by atoms with Crippen LogP contribution in [0.15, 0.2) is 0 Å². The monoisotopic (exact) mass is 298 g/mol. The summed E-state index contributed by atoms with van der Waals surface area (Å²) in [6, 6.07) is -0.180. The highest BCUT2D eigenvalue weighted by Gasteiger charge is 2.44. The van der Waals surface area contributed by atoms with Crippen LogP contribution >= 0.6 is 0 Å². The third-order valence-corrected chi connectivity index (χ3v) is 4.16. The number of carboxylic acid groups (broad SMARTS) is 1. The van der Waals surface area contributed by atoms with E-state index in [1.54, 1.807) is 4.90 Å². The number of nitrogens with zero attached hydrogens (tertiary/aromatic N) is 1. The van der Waals surface area contributed by atoms with Crippen LogP contribution < -0.4 is 5.32 Å². The van der Waals surface area contributed by atoms with E-state index in [0.29, 0.717) is 13.1 Å². The van der Waals surface area contributed by atoms with E-state index in [4.69, 9.17) is 9.84 Å². The Kier molecular flexibility index (Phi) is 3.95. The molecule has 0 atom stereocenters. The molecule has 6 heteroatoms. The predicted octanol–water partition coefficient (Wildman–Crippen LogP) is 1.98. The molecule has 21 heavy (non-hydrogen) atoms. The van der Waals surface area contributed by atoms with Crippen LogP contribution in [0.2, 0.25) is 0 Å². The smallest absolute Gasteiger partial charge is 0.318 e. The largest absolute Gasteiger partial charge is 0.481 e. The quantitative estimate of drug-likeness (QED) is 0.835. The summed E-state index contributed by atoms with van der Waals surface area (Å²) in [5.74, 6) is -0.863. The summed E-state index contributed by atoms with van der Waals surface area (Å²) in [5, 5.41) is 12.0. The number of ether oxygens (including phenoxy) is 1. The molecular formula is C15H26N2O4. The number of carbonyl (C=O) groups excluding carboxylic acids is 1. The summed E-state index contributed by atoms with van der Waals surface area (Å²) in [7, 11) is 0. The van der Waals surface area contributed by atoms with Crippen molar-refractivity contribution in [1.29, 1.82) is 0 Å². The molecule has 0 radical (unpaired) electrons. The Bertz CT molecular complexity index is 425. The zero-order valence-electron chi connectivity index (χ0n) is 13.4. The van der Waals surface area contributed by atoms with Gasteiger partial charge in [-0.1, -0.05) is 0 Å². The zero-order valence-corrected chi connectivity index (χ0v) is 13.4. The minimum atomic E-state index is -0.863. The fourth-order valence-electron chi connectivity index (χ4n) is 3.48. The fraction of sp³-hybridized carbons (Fsp3) is 0.867. The number of urea groups is 1. The number of carbonyl (C=O) groups is 2. The lowest BCUT2D eigenvalue weighted by Gasteiger charge is -2.49. The van der Waals surface area contributed by atoms with Gasteiger partial charge in [0, 0.05) is 0 Å². The summed E-state index contributed by atoms with van der Waals surface area (Å²) in [4.78, 5) is 25.3. The van der Waals surface area contributed by atoms with Crippen molar-refractivity contribution < 1.29 is 19.4 Å². The van der Waals surface area contributed by atoms with Crippen molar-refractivity contribution in [2.75, 3.05) is 13.1 Å². The van der Waals surface area contributed by atoms with Gasteiger partial charge < -0.3 is 20.1 Å². The van der Waals surface area contributed by atoms with Crippen LogP contribution in [0.1, 0.15) is 53.4 Å². The van der Waals surface area contributed by atoms with Crippen molar-refractivity contribution in [2.45, 2.75) is 70.1 Å². The van der Waals surface area contributed by atoms with Gasteiger partial charge in [-0.05, 0) is 47.0 Å². The Labute approximate surface area is 125 Å². The molecule has 2 rings (SSSR count). The van der Waals surface area contributed by atoms with Gasteiger partial charge in [-0.15, -0.1) is 0 Å². The first kappa shape index (κ1) is 16.1. The van der Waals surface area contributed by atoms with Gasteiger partial charge in [0.05, 0.1) is 36.3 Å². The number of hydrogen-bond donors (Lipinski definition) is 2. The topological polar surface area (TPSA) is 78.9 Å². The molecule has 120 valence electrons. The van der Waals surface area contributed by atoms with E-state index in [2.05, 4.69) is 5.32 Å². The zero-order chi connectivity index (χ0) is 15.9. The molecule has 1 saturated heterocycles. The van der Waals surface area contributed by atoms with Gasteiger partial charge in [-0.2, -0.15) is 0 Å². The van der Waals surface area contributed by atoms with Crippen molar-refractivity contribution in [2.24, 2.45) is 0 Å². The van der Waals surface area contributed by atoms with Crippen LogP contribution in [0.5, 0.6) is 0 Å². The van der Waals surface area contributed by atoms with Crippen LogP contribution in [0, 0.1) is 0 Å². The van der Waals surface area contributed by atoms with Gasteiger partial charge >= 0.3 is 12.0 Å². The SMILES string of the molecule is CC1(C)CN(C(=O)NC2(CC(=O)O)CCC2)CC(C)(C)O1. The molecule has 6 nitrogen and oxygen atoms in total. The number of rotatable bonds is 3. The van der Waals surface area contributed by atoms with Gasteiger partial charge in [-0.25, -0.2) is 4.79 Å². The fourth-order valence-corrected chi connectivity index (χ4v) is 3.48. The Morgan fingerprint density at radius 1 is 1.14 bits per heavy atom. The Morgan fingerprint density at radius 3 is 2.05 bits per heavy atom. The third-order valence-electron chi connectivity index (χ3n) is 4.16. The van der Waals surface area contributed by atoms with Gasteiger partial charge in [0.2, 0.25) is 0 Å². The Balaban J connectivity index is 2.04. The van der Waals surface area contributed by atoms with E-state index < -0.39 is 22.7 Å². The summed E-state index contributed by atoms with van der Waals surface area (Å²) in [5.41, 5.74) is -1.37. The maximum Gasteiger partial charge on any atom is 0.318 e. The van der Waals surface area contributed by atoms with Crippen molar-refractivity contribution in [1.82, 2.24) is 10.2 Å². The first-order valence-electron chi connectivity index (χ1n) is 7.52. The lowest BCUT2D eigenvalue weighted by atomic mass is 9.74. The summed E-state index contributed by atoms with van der Waals surface area (Å²) in [6.07, 6.45) is 2.44. The summed E-state index contributed by atoms with van der Waals surface area (Å²) in [6.45, 7) is 8.86. The first-order chi connectivity index (χ1) is 9.53. The van der Waals surface area contributed by atoms with Gasteiger partial charge in [0.15, 0.2) is 0 Å². The highest BCUT2D eigenvalue weighted by molar-refractivity contribution is 5.77. The van der Waals surface area contributed by atoms with Crippen LogP contribution in [0.4, 0.5) is 4.79 Å². The number of nitrogens with one attached hydrogen (secondary N) is 1. The van der Waals surface area contributed by atoms with Gasteiger partial charge in [0.1, 0.15) is 0 Å². The van der Waals surface area contributed by atoms with E-state index in [0.717, 1.165) is 19.3 Å². The van der Waals surface area contributed by atoms with E-state index in [1.165, 1.54) is 0 Å². The molecule has 0 aromatic heterocycles. The molecule has 2 N–H and O–H groups in total. The molecule has 2 amide bonds. The number of carboxylic acids is 1. The molecule has 0 aromatic rings. The molecule has 2 fully saturated rings. The van der Waals surface area contributed by atoms with E-state index in [1.807, 2.05) is 27.7 Å². The van der Waals surface area contributed by atoms with Crippen molar-refractivity contribution in [3.05, 3.63) is 0 Å². The van der Waals surface area contributed by atoms with Crippen molar-refractivity contribution >= 4 is 12.0 Å². The van der Waals surface area contributed by atoms with Crippen LogP contribution in [-0.4, -0.2) is 51.8 Å². The van der Waals surface area contributed by atoms with E-state index in [-0.39, 0.29) is 12.5 Å². The summed E-state index contributed by atoms with van der Waals surface area (Å²) >= 11 is 0. The molecule has 1 aliphatic heterocycles. The second-order valence-corrected chi connectivity index (χ2v) is 7.61. The minimum Gasteiger partial charge on any atom is -0.481 e. The van der Waals surface area contributed by atoms with Crippen molar-refractivity contribution in [3.63, 3.8) is 0 Å². The molecule has 2 aliphatic rings. The maximum absolute atomic E-state index is 12.5.